The molecule has 3 heterocycles. The second kappa shape index (κ2) is 9.66. The monoisotopic (exact) mass is 463 g/mol. The zero-order valence-corrected chi connectivity index (χ0v) is 20.0. The van der Waals surface area contributed by atoms with Gasteiger partial charge in [-0.25, -0.2) is 0 Å². The van der Waals surface area contributed by atoms with E-state index in [4.69, 9.17) is 9.47 Å². The Balaban J connectivity index is 1.28. The standard InChI is InChI=1S/C27H33N3O4/c1-3-19(4-2)16-28-12-14-29(15-13-28)22-9-7-8-21-25(22)27(32)30(26(21)31)17-20-18-33-23-10-5-6-11-24(23)34-20/h5-11,19-20H,3-4,12-18H2,1-2H3. The molecule has 1 unspecified atom stereocenters. The van der Waals surface area contributed by atoms with Crippen LogP contribution >= 0.6 is 0 Å². The molecule has 0 N–H and O–H groups in total. The first-order valence-corrected chi connectivity index (χ1v) is 12.4. The van der Waals surface area contributed by atoms with Gasteiger partial charge in [0.25, 0.3) is 11.8 Å². The Bertz CT molecular complexity index is 1060. The molecule has 2 aromatic carbocycles. The van der Waals surface area contributed by atoms with Crippen LogP contribution < -0.4 is 14.4 Å². The summed E-state index contributed by atoms with van der Waals surface area (Å²) in [6.07, 6.45) is 2.02. The smallest absolute Gasteiger partial charge is 0.263 e. The van der Waals surface area contributed by atoms with Crippen molar-refractivity contribution in [3.05, 3.63) is 53.6 Å². The predicted octanol–water partition coefficient (Wildman–Crippen LogP) is 3.68. The quantitative estimate of drug-likeness (QED) is 0.584. The number of ether oxygens (including phenoxy) is 2. The van der Waals surface area contributed by atoms with E-state index in [-0.39, 0.29) is 18.4 Å². The minimum Gasteiger partial charge on any atom is -0.486 e. The molecule has 0 radical (unpaired) electrons. The molecule has 7 heteroatoms. The largest absolute Gasteiger partial charge is 0.486 e. The van der Waals surface area contributed by atoms with Crippen molar-refractivity contribution in [2.45, 2.75) is 32.8 Å². The molecule has 2 amide bonds. The van der Waals surface area contributed by atoms with Gasteiger partial charge in [0.05, 0.1) is 23.4 Å². The first-order chi connectivity index (χ1) is 16.6. The SMILES string of the molecule is CCC(CC)CN1CCN(c2cccc3c2C(=O)N(CC2COc4ccccc4O2)C3=O)CC1. The topological polar surface area (TPSA) is 62.3 Å². The van der Waals surface area contributed by atoms with Crippen molar-refractivity contribution in [3.63, 3.8) is 0 Å². The van der Waals surface area contributed by atoms with E-state index in [0.29, 0.717) is 29.2 Å². The minimum absolute atomic E-state index is 0.170. The zero-order chi connectivity index (χ0) is 23.7. The molecule has 0 spiro atoms. The van der Waals surface area contributed by atoms with Crippen molar-refractivity contribution in [2.75, 3.05) is 50.8 Å². The van der Waals surface area contributed by atoms with Crippen LogP contribution in [0.1, 0.15) is 47.4 Å². The Hall–Kier alpha value is -3.06. The average Bonchev–Trinajstić information content (AvgIpc) is 3.12. The Labute approximate surface area is 201 Å². The number of carbonyl (C=O) groups excluding carboxylic acids is 2. The van der Waals surface area contributed by atoms with Gasteiger partial charge in [0.1, 0.15) is 6.61 Å². The molecule has 34 heavy (non-hydrogen) atoms. The Morgan fingerprint density at radius 1 is 0.912 bits per heavy atom. The maximum Gasteiger partial charge on any atom is 0.263 e. The van der Waals surface area contributed by atoms with Gasteiger partial charge >= 0.3 is 0 Å². The third kappa shape index (κ3) is 4.25. The van der Waals surface area contributed by atoms with Crippen LogP contribution in [0.4, 0.5) is 5.69 Å². The van der Waals surface area contributed by atoms with Gasteiger partial charge in [-0.1, -0.05) is 44.9 Å². The van der Waals surface area contributed by atoms with E-state index >= 15 is 0 Å². The number of amides is 2. The molecule has 1 atom stereocenters. The highest BCUT2D eigenvalue weighted by molar-refractivity contribution is 6.23. The zero-order valence-electron chi connectivity index (χ0n) is 20.0. The van der Waals surface area contributed by atoms with Gasteiger partial charge in [-0.3, -0.25) is 19.4 Å². The van der Waals surface area contributed by atoms with E-state index in [2.05, 4.69) is 23.6 Å². The number of anilines is 1. The summed E-state index contributed by atoms with van der Waals surface area (Å²) in [6.45, 7) is 9.77. The van der Waals surface area contributed by atoms with Crippen LogP contribution in [0.25, 0.3) is 0 Å². The summed E-state index contributed by atoms with van der Waals surface area (Å²) in [5.41, 5.74) is 1.88. The van der Waals surface area contributed by atoms with E-state index in [1.807, 2.05) is 36.4 Å². The normalized spacial score (nSPS) is 20.3. The molecule has 3 aliphatic rings. The molecule has 0 bridgehead atoms. The lowest BCUT2D eigenvalue weighted by Gasteiger charge is -2.38. The van der Waals surface area contributed by atoms with Crippen molar-refractivity contribution in [2.24, 2.45) is 5.92 Å². The van der Waals surface area contributed by atoms with Gasteiger partial charge in [-0.15, -0.1) is 0 Å². The maximum absolute atomic E-state index is 13.4. The molecular weight excluding hydrogens is 430 g/mol. The fraction of sp³-hybridized carbons (Fsp3) is 0.481. The van der Waals surface area contributed by atoms with E-state index < -0.39 is 6.10 Å². The molecule has 2 aromatic rings. The van der Waals surface area contributed by atoms with Crippen LogP contribution in [-0.2, 0) is 0 Å². The summed E-state index contributed by atoms with van der Waals surface area (Å²) in [5.74, 6) is 1.57. The number of nitrogens with zero attached hydrogens (tertiary/aromatic N) is 3. The van der Waals surface area contributed by atoms with Crippen LogP contribution in [0.2, 0.25) is 0 Å². The first-order valence-electron chi connectivity index (χ1n) is 12.4. The van der Waals surface area contributed by atoms with Gasteiger partial charge in [0.15, 0.2) is 17.6 Å². The van der Waals surface area contributed by atoms with E-state index in [0.717, 1.165) is 44.3 Å². The summed E-state index contributed by atoms with van der Waals surface area (Å²) in [4.78, 5) is 32.7. The molecule has 180 valence electrons. The molecule has 0 aromatic heterocycles. The summed E-state index contributed by atoms with van der Waals surface area (Å²) < 4.78 is 11.8. The molecule has 0 saturated carbocycles. The lowest BCUT2D eigenvalue weighted by atomic mass is 10.0. The third-order valence-corrected chi connectivity index (χ3v) is 7.31. The highest BCUT2D eigenvalue weighted by atomic mass is 16.6. The Morgan fingerprint density at radius 2 is 1.65 bits per heavy atom. The maximum atomic E-state index is 13.4. The van der Waals surface area contributed by atoms with Crippen molar-refractivity contribution in [1.29, 1.82) is 0 Å². The van der Waals surface area contributed by atoms with E-state index in [9.17, 15) is 9.59 Å². The van der Waals surface area contributed by atoms with Gasteiger partial charge in [0.2, 0.25) is 0 Å². The number of carbonyl (C=O) groups is 2. The average molecular weight is 464 g/mol. The fourth-order valence-corrected chi connectivity index (χ4v) is 5.19. The highest BCUT2D eigenvalue weighted by Crippen LogP contribution is 2.35. The minimum atomic E-state index is -0.394. The summed E-state index contributed by atoms with van der Waals surface area (Å²) in [6, 6.07) is 13.1. The Kier molecular flexibility index (Phi) is 6.46. The molecule has 3 aliphatic heterocycles. The van der Waals surface area contributed by atoms with Crippen molar-refractivity contribution in [1.82, 2.24) is 9.80 Å². The lowest BCUT2D eigenvalue weighted by Crippen LogP contribution is -2.48. The number of hydrogen-bond acceptors (Lipinski definition) is 6. The lowest BCUT2D eigenvalue weighted by molar-refractivity contribution is 0.0430. The molecule has 5 rings (SSSR count). The number of para-hydroxylation sites is 2. The second-order valence-electron chi connectivity index (χ2n) is 9.39. The van der Waals surface area contributed by atoms with Crippen molar-refractivity contribution in [3.8, 4) is 11.5 Å². The molecular formula is C27H33N3O4. The molecule has 1 fully saturated rings. The number of piperazine rings is 1. The number of hydrogen-bond donors (Lipinski definition) is 0. The van der Waals surface area contributed by atoms with Gasteiger partial charge in [-0.05, 0) is 30.2 Å². The summed E-state index contributed by atoms with van der Waals surface area (Å²) in [7, 11) is 0. The highest BCUT2D eigenvalue weighted by Gasteiger charge is 2.40. The van der Waals surface area contributed by atoms with Crippen LogP contribution in [0.15, 0.2) is 42.5 Å². The molecule has 7 nitrogen and oxygen atoms in total. The number of fused-ring (bicyclic) bond motifs is 2. The predicted molar refractivity (Wildman–Crippen MR) is 131 cm³/mol. The van der Waals surface area contributed by atoms with Crippen LogP contribution in [0.3, 0.4) is 0 Å². The second-order valence-corrected chi connectivity index (χ2v) is 9.39. The first kappa shape index (κ1) is 22.7. The molecule has 0 aliphatic carbocycles. The van der Waals surface area contributed by atoms with Crippen molar-refractivity contribution < 1.29 is 19.1 Å². The van der Waals surface area contributed by atoms with Crippen LogP contribution in [0, 0.1) is 5.92 Å². The van der Waals surface area contributed by atoms with Crippen molar-refractivity contribution >= 4 is 17.5 Å². The summed E-state index contributed by atoms with van der Waals surface area (Å²) >= 11 is 0. The van der Waals surface area contributed by atoms with Gasteiger partial charge < -0.3 is 14.4 Å². The molecule has 1 saturated heterocycles. The number of benzene rings is 2. The summed E-state index contributed by atoms with van der Waals surface area (Å²) in [5, 5.41) is 0. The van der Waals surface area contributed by atoms with E-state index in [1.165, 1.54) is 17.7 Å². The van der Waals surface area contributed by atoms with Crippen LogP contribution in [-0.4, -0.2) is 73.6 Å². The van der Waals surface area contributed by atoms with Crippen LogP contribution in [0.5, 0.6) is 11.5 Å². The number of rotatable bonds is 7. The van der Waals surface area contributed by atoms with Gasteiger partial charge in [0, 0.05) is 32.7 Å². The Morgan fingerprint density at radius 3 is 2.38 bits per heavy atom. The number of imide groups is 1. The van der Waals surface area contributed by atoms with E-state index in [1.54, 1.807) is 6.07 Å². The fourth-order valence-electron chi connectivity index (χ4n) is 5.19. The van der Waals surface area contributed by atoms with Gasteiger partial charge in [-0.2, -0.15) is 0 Å². The third-order valence-electron chi connectivity index (χ3n) is 7.31.